The van der Waals surface area contributed by atoms with Crippen molar-refractivity contribution < 1.29 is 18.0 Å². The Balaban J connectivity index is 1.54. The number of alkyl halides is 3. The van der Waals surface area contributed by atoms with Crippen LogP contribution in [0, 0.1) is 6.92 Å². The van der Waals surface area contributed by atoms with Crippen molar-refractivity contribution in [2.75, 3.05) is 6.54 Å². The number of rotatable bonds is 6. The summed E-state index contributed by atoms with van der Waals surface area (Å²) in [4.78, 5) is 17.3. The van der Waals surface area contributed by atoms with E-state index >= 15 is 0 Å². The molecule has 11 heteroatoms. The van der Waals surface area contributed by atoms with E-state index in [1.54, 1.807) is 23.7 Å². The van der Waals surface area contributed by atoms with Crippen molar-refractivity contribution in [1.29, 1.82) is 0 Å². The van der Waals surface area contributed by atoms with Gasteiger partial charge in [0.05, 0.1) is 10.6 Å². The first-order chi connectivity index (χ1) is 14.3. The van der Waals surface area contributed by atoms with E-state index in [2.05, 4.69) is 20.5 Å². The smallest absolute Gasteiger partial charge is 0.351 e. The molecule has 0 unspecified atom stereocenters. The summed E-state index contributed by atoms with van der Waals surface area (Å²) < 4.78 is 43.2. The van der Waals surface area contributed by atoms with Crippen molar-refractivity contribution in [3.8, 4) is 10.6 Å². The van der Waals surface area contributed by atoms with Crippen LogP contribution in [0.5, 0.6) is 0 Å². The summed E-state index contributed by atoms with van der Waals surface area (Å²) in [5, 5.41) is 12.4. The Hall–Kier alpha value is -3.21. The number of nitrogens with zero attached hydrogens (tertiary/aromatic N) is 5. The second kappa shape index (κ2) is 7.90. The van der Waals surface area contributed by atoms with E-state index < -0.39 is 17.8 Å². The van der Waals surface area contributed by atoms with Crippen LogP contribution < -0.4 is 5.32 Å². The van der Waals surface area contributed by atoms with Crippen molar-refractivity contribution in [3.63, 3.8) is 0 Å². The van der Waals surface area contributed by atoms with Gasteiger partial charge in [-0.25, -0.2) is 9.50 Å². The molecule has 0 aromatic carbocycles. The largest absolute Gasteiger partial charge is 0.433 e. The standard InChI is InChI=1S/C19H17F3N6OS/c1-12-5-7-24-27(12)8-3-6-23-18(29)14-11-17-25-13(15-4-2-9-30-15)10-16(19(20,21)22)28(17)26-14/h2,4-5,7,9-11H,3,6,8H2,1H3,(H,23,29). The van der Waals surface area contributed by atoms with Gasteiger partial charge in [-0.2, -0.15) is 23.4 Å². The molecule has 1 amide bonds. The van der Waals surface area contributed by atoms with E-state index in [9.17, 15) is 18.0 Å². The second-order valence-corrected chi connectivity index (χ2v) is 7.55. The topological polar surface area (TPSA) is 77.1 Å². The van der Waals surface area contributed by atoms with Gasteiger partial charge < -0.3 is 5.32 Å². The van der Waals surface area contributed by atoms with E-state index in [-0.39, 0.29) is 17.0 Å². The summed E-state index contributed by atoms with van der Waals surface area (Å²) in [5.41, 5.74) is 0.0569. The van der Waals surface area contributed by atoms with Gasteiger partial charge in [0.15, 0.2) is 17.0 Å². The quantitative estimate of drug-likeness (QED) is 0.469. The molecule has 0 atom stereocenters. The van der Waals surface area contributed by atoms with Crippen molar-refractivity contribution in [2.45, 2.75) is 26.1 Å². The molecule has 4 aromatic rings. The van der Waals surface area contributed by atoms with Gasteiger partial charge in [0, 0.05) is 31.0 Å². The summed E-state index contributed by atoms with van der Waals surface area (Å²) >= 11 is 1.28. The third-order valence-electron chi connectivity index (χ3n) is 4.49. The number of carbonyl (C=O) groups excluding carboxylic acids is 1. The highest BCUT2D eigenvalue weighted by Crippen LogP contribution is 2.33. The first-order valence-corrected chi connectivity index (χ1v) is 9.99. The predicted octanol–water partition coefficient (Wildman–Crippen LogP) is 3.80. The van der Waals surface area contributed by atoms with Crippen LogP contribution in [0.15, 0.2) is 41.9 Å². The number of aromatic nitrogens is 5. The average Bonchev–Trinajstić information content (AvgIpc) is 3.44. The lowest BCUT2D eigenvalue weighted by molar-refractivity contribution is -0.142. The third-order valence-corrected chi connectivity index (χ3v) is 5.38. The van der Waals surface area contributed by atoms with Crippen LogP contribution in [0.2, 0.25) is 0 Å². The summed E-state index contributed by atoms with van der Waals surface area (Å²) in [5.74, 6) is -0.552. The van der Waals surface area contributed by atoms with Gasteiger partial charge in [0.1, 0.15) is 0 Å². The fraction of sp³-hybridized carbons (Fsp3) is 0.263. The minimum atomic E-state index is -4.64. The maximum Gasteiger partial charge on any atom is 0.433 e. The minimum absolute atomic E-state index is 0.0365. The van der Waals surface area contributed by atoms with Crippen molar-refractivity contribution >= 4 is 22.9 Å². The number of hydrogen-bond acceptors (Lipinski definition) is 5. The highest BCUT2D eigenvalue weighted by Gasteiger charge is 2.35. The van der Waals surface area contributed by atoms with E-state index in [1.165, 1.54) is 17.4 Å². The van der Waals surface area contributed by atoms with Gasteiger partial charge in [0.2, 0.25) is 0 Å². The van der Waals surface area contributed by atoms with Crippen LogP contribution in [-0.4, -0.2) is 36.8 Å². The monoisotopic (exact) mass is 434 g/mol. The SMILES string of the molecule is Cc1ccnn1CCCNC(=O)c1cc2nc(-c3cccs3)cc(C(F)(F)F)n2n1. The summed E-state index contributed by atoms with van der Waals surface area (Å²) in [6, 6.07) is 7.51. The van der Waals surface area contributed by atoms with Crippen LogP contribution in [-0.2, 0) is 12.7 Å². The lowest BCUT2D eigenvalue weighted by Crippen LogP contribution is -2.26. The van der Waals surface area contributed by atoms with Crippen molar-refractivity contribution in [2.24, 2.45) is 0 Å². The number of amides is 1. The zero-order chi connectivity index (χ0) is 21.3. The number of hydrogen-bond donors (Lipinski definition) is 1. The molecule has 0 fully saturated rings. The molecular formula is C19H17F3N6OS. The van der Waals surface area contributed by atoms with Crippen LogP contribution in [0.4, 0.5) is 13.2 Å². The Morgan fingerprint density at radius 2 is 2.10 bits per heavy atom. The number of fused-ring (bicyclic) bond motifs is 1. The Bertz CT molecular complexity index is 1180. The number of nitrogens with one attached hydrogen (secondary N) is 1. The molecule has 0 radical (unpaired) electrons. The maximum absolute atomic E-state index is 13.6. The molecule has 7 nitrogen and oxygen atoms in total. The van der Waals surface area contributed by atoms with Gasteiger partial charge in [0.25, 0.3) is 5.91 Å². The number of thiophene rings is 1. The van der Waals surface area contributed by atoms with E-state index in [0.717, 1.165) is 11.8 Å². The zero-order valence-electron chi connectivity index (χ0n) is 15.8. The molecule has 0 aliphatic rings. The van der Waals surface area contributed by atoms with Gasteiger partial charge in [-0.3, -0.25) is 9.48 Å². The fourth-order valence-corrected chi connectivity index (χ4v) is 3.68. The summed E-state index contributed by atoms with van der Waals surface area (Å²) in [6.07, 6.45) is -2.33. The van der Waals surface area contributed by atoms with Crippen LogP contribution in [0.25, 0.3) is 16.2 Å². The normalized spacial score (nSPS) is 11.9. The third kappa shape index (κ3) is 4.06. The molecule has 0 aliphatic heterocycles. The average molecular weight is 434 g/mol. The molecule has 4 heterocycles. The Labute approximate surface area is 173 Å². The maximum atomic E-state index is 13.6. The second-order valence-electron chi connectivity index (χ2n) is 6.61. The van der Waals surface area contributed by atoms with Crippen molar-refractivity contribution in [1.82, 2.24) is 29.7 Å². The van der Waals surface area contributed by atoms with Crippen LogP contribution in [0.3, 0.4) is 0 Å². The highest BCUT2D eigenvalue weighted by molar-refractivity contribution is 7.13. The molecule has 156 valence electrons. The molecule has 0 spiro atoms. The molecule has 30 heavy (non-hydrogen) atoms. The van der Waals surface area contributed by atoms with E-state index in [4.69, 9.17) is 0 Å². The molecule has 0 saturated heterocycles. The Morgan fingerprint density at radius 3 is 2.77 bits per heavy atom. The van der Waals surface area contributed by atoms with Gasteiger partial charge in [-0.05, 0) is 36.9 Å². The van der Waals surface area contributed by atoms with Crippen molar-refractivity contribution in [3.05, 3.63) is 59.0 Å². The Morgan fingerprint density at radius 1 is 1.27 bits per heavy atom. The lowest BCUT2D eigenvalue weighted by atomic mass is 10.2. The molecule has 0 saturated carbocycles. The summed E-state index contributed by atoms with van der Waals surface area (Å²) in [6.45, 7) is 2.89. The van der Waals surface area contributed by atoms with Gasteiger partial charge in [-0.15, -0.1) is 11.3 Å². The van der Waals surface area contributed by atoms with Crippen LogP contribution in [0.1, 0.15) is 28.3 Å². The van der Waals surface area contributed by atoms with E-state index in [0.29, 0.717) is 28.9 Å². The molecular weight excluding hydrogens is 417 g/mol. The molecule has 4 rings (SSSR count). The minimum Gasteiger partial charge on any atom is -0.351 e. The van der Waals surface area contributed by atoms with Gasteiger partial charge >= 0.3 is 6.18 Å². The predicted molar refractivity (Wildman–Crippen MR) is 105 cm³/mol. The zero-order valence-corrected chi connectivity index (χ0v) is 16.7. The van der Waals surface area contributed by atoms with Crippen LogP contribution >= 0.6 is 11.3 Å². The molecule has 0 bridgehead atoms. The lowest BCUT2D eigenvalue weighted by Gasteiger charge is -2.10. The molecule has 4 aromatic heterocycles. The number of carbonyl (C=O) groups is 1. The summed E-state index contributed by atoms with van der Waals surface area (Å²) in [7, 11) is 0. The molecule has 0 aliphatic carbocycles. The van der Waals surface area contributed by atoms with Gasteiger partial charge in [-0.1, -0.05) is 6.07 Å². The number of aryl methyl sites for hydroxylation is 2. The first-order valence-electron chi connectivity index (χ1n) is 9.11. The first kappa shape index (κ1) is 20.1. The fourth-order valence-electron chi connectivity index (χ4n) is 2.99. The highest BCUT2D eigenvalue weighted by atomic mass is 32.1. The van der Waals surface area contributed by atoms with E-state index in [1.807, 2.05) is 17.7 Å². The molecule has 1 N–H and O–H groups in total. The Kier molecular flexibility index (Phi) is 5.29. The number of halogens is 3.